The molecule has 2 N–H and O–H groups in total. The zero-order valence-corrected chi connectivity index (χ0v) is 9.96. The van der Waals surface area contributed by atoms with Gasteiger partial charge in [0.1, 0.15) is 11.8 Å². The molecule has 98 valence electrons. The monoisotopic (exact) mass is 257 g/mol. The van der Waals surface area contributed by atoms with Crippen LogP contribution >= 0.6 is 0 Å². The molecule has 1 aromatic rings. The fourth-order valence-corrected chi connectivity index (χ4v) is 1.99. The number of carbonyl (C=O) groups is 1. The highest BCUT2D eigenvalue weighted by Crippen LogP contribution is 2.36. The summed E-state index contributed by atoms with van der Waals surface area (Å²) in [7, 11) is 0. The summed E-state index contributed by atoms with van der Waals surface area (Å²) in [6.07, 6.45) is -0.866. The van der Waals surface area contributed by atoms with Gasteiger partial charge in [-0.25, -0.2) is 13.6 Å². The van der Waals surface area contributed by atoms with Crippen LogP contribution in [0.4, 0.5) is 13.6 Å². The van der Waals surface area contributed by atoms with Crippen molar-refractivity contribution in [2.24, 2.45) is 0 Å². The van der Waals surface area contributed by atoms with Crippen LogP contribution in [-0.2, 0) is 4.74 Å². The third kappa shape index (κ3) is 2.10. The number of phenolic OH excluding ortho intramolecular Hbond substituents is 1. The van der Waals surface area contributed by atoms with Crippen molar-refractivity contribution in [2.45, 2.75) is 25.8 Å². The number of aromatic hydroxyl groups is 1. The van der Waals surface area contributed by atoms with Crippen molar-refractivity contribution in [1.82, 2.24) is 5.32 Å². The first-order valence-corrected chi connectivity index (χ1v) is 5.42. The van der Waals surface area contributed by atoms with E-state index >= 15 is 0 Å². The lowest BCUT2D eigenvalue weighted by Gasteiger charge is -2.32. The number of nitrogens with one attached hydrogen (secondary N) is 1. The maximum absolute atomic E-state index is 13.7. The molecule has 1 fully saturated rings. The quantitative estimate of drug-likeness (QED) is 0.812. The van der Waals surface area contributed by atoms with Crippen molar-refractivity contribution < 1.29 is 23.4 Å². The van der Waals surface area contributed by atoms with E-state index in [2.05, 4.69) is 10.1 Å². The minimum absolute atomic E-state index is 0.0699. The van der Waals surface area contributed by atoms with Gasteiger partial charge in [-0.15, -0.1) is 0 Å². The molecular formula is C12H13F2NO3. The van der Waals surface area contributed by atoms with E-state index in [0.717, 1.165) is 0 Å². The maximum atomic E-state index is 13.7. The Kier molecular flexibility index (Phi) is 2.88. The Morgan fingerprint density at radius 3 is 2.50 bits per heavy atom. The van der Waals surface area contributed by atoms with Crippen LogP contribution in [0.5, 0.6) is 5.75 Å². The topological polar surface area (TPSA) is 58.6 Å². The minimum atomic E-state index is -3.18. The molecule has 0 aliphatic carbocycles. The summed E-state index contributed by atoms with van der Waals surface area (Å²) in [5.41, 5.74) is 1.23. The van der Waals surface area contributed by atoms with Gasteiger partial charge in [0.25, 0.3) is 0 Å². The molecule has 0 aromatic heterocycles. The van der Waals surface area contributed by atoms with Crippen molar-refractivity contribution in [3.63, 3.8) is 0 Å². The lowest BCUT2D eigenvalue weighted by atomic mass is 9.96. The molecule has 0 spiro atoms. The lowest BCUT2D eigenvalue weighted by molar-refractivity contribution is -0.104. The van der Waals surface area contributed by atoms with E-state index in [9.17, 15) is 18.7 Å². The summed E-state index contributed by atoms with van der Waals surface area (Å²) >= 11 is 0. The molecule has 0 radical (unpaired) electrons. The van der Waals surface area contributed by atoms with Crippen molar-refractivity contribution in [1.29, 1.82) is 0 Å². The number of cyclic esters (lactones) is 1. The standard InChI is InChI=1S/C12H13F2NO3/c1-6-3-8(4-7(2)9(6)16)10-12(13,14)5-18-11(17)15-10/h3-4,10,16H,5H2,1-2H3,(H,15,17)/t10-/m0/s1. The van der Waals surface area contributed by atoms with Gasteiger partial charge in [-0.05, 0) is 30.5 Å². The van der Waals surface area contributed by atoms with Gasteiger partial charge in [-0.3, -0.25) is 0 Å². The molecule has 0 bridgehead atoms. The van der Waals surface area contributed by atoms with Crippen LogP contribution < -0.4 is 5.32 Å². The van der Waals surface area contributed by atoms with Gasteiger partial charge >= 0.3 is 12.0 Å². The van der Waals surface area contributed by atoms with E-state index in [1.807, 2.05) is 0 Å². The highest BCUT2D eigenvalue weighted by atomic mass is 19.3. The first kappa shape index (κ1) is 12.6. The normalized spacial score (nSPS) is 22.2. The molecular weight excluding hydrogens is 244 g/mol. The maximum Gasteiger partial charge on any atom is 0.408 e. The lowest BCUT2D eigenvalue weighted by Crippen LogP contribution is -2.49. The van der Waals surface area contributed by atoms with Crippen LogP contribution in [-0.4, -0.2) is 23.7 Å². The molecule has 0 saturated carbocycles. The Labute approximate surface area is 103 Å². The van der Waals surface area contributed by atoms with Crippen molar-refractivity contribution in [2.75, 3.05) is 6.61 Å². The molecule has 1 aromatic carbocycles. The predicted octanol–water partition coefficient (Wildman–Crippen LogP) is 2.43. The van der Waals surface area contributed by atoms with Crippen molar-refractivity contribution >= 4 is 6.09 Å². The summed E-state index contributed by atoms with van der Waals surface area (Å²) < 4.78 is 31.7. The second-order valence-electron chi connectivity index (χ2n) is 4.42. The number of rotatable bonds is 1. The largest absolute Gasteiger partial charge is 0.507 e. The van der Waals surface area contributed by atoms with Crippen LogP contribution in [0.1, 0.15) is 22.7 Å². The number of ether oxygens (including phenoxy) is 1. The molecule has 0 unspecified atom stereocenters. The summed E-state index contributed by atoms with van der Waals surface area (Å²) in [4.78, 5) is 11.1. The first-order valence-electron chi connectivity index (χ1n) is 5.42. The van der Waals surface area contributed by atoms with E-state index < -0.39 is 24.7 Å². The second kappa shape index (κ2) is 4.12. The van der Waals surface area contributed by atoms with Crippen molar-refractivity contribution in [3.8, 4) is 5.75 Å². The summed E-state index contributed by atoms with van der Waals surface area (Å²) in [5.74, 6) is -3.11. The molecule has 4 nitrogen and oxygen atoms in total. The van der Waals surface area contributed by atoms with E-state index in [1.165, 1.54) is 12.1 Å². The van der Waals surface area contributed by atoms with Gasteiger partial charge < -0.3 is 15.2 Å². The molecule has 6 heteroatoms. The third-order valence-electron chi connectivity index (χ3n) is 2.93. The second-order valence-corrected chi connectivity index (χ2v) is 4.42. The summed E-state index contributed by atoms with van der Waals surface area (Å²) in [6.45, 7) is 2.29. The van der Waals surface area contributed by atoms with Crippen LogP contribution in [0, 0.1) is 13.8 Å². The number of phenols is 1. The zero-order valence-electron chi connectivity index (χ0n) is 9.96. The Hall–Kier alpha value is -1.85. The number of amides is 1. The highest BCUT2D eigenvalue weighted by molar-refractivity contribution is 5.69. The molecule has 1 atom stereocenters. The van der Waals surface area contributed by atoms with Crippen LogP contribution in [0.25, 0.3) is 0 Å². The van der Waals surface area contributed by atoms with Gasteiger partial charge in [-0.1, -0.05) is 12.1 Å². The molecule has 1 amide bonds. The fourth-order valence-electron chi connectivity index (χ4n) is 1.99. The number of alkyl halides is 2. The Morgan fingerprint density at radius 1 is 1.39 bits per heavy atom. The molecule has 1 aliphatic rings. The van der Waals surface area contributed by atoms with E-state index in [-0.39, 0.29) is 11.3 Å². The average Bonchev–Trinajstić information content (AvgIpc) is 2.28. The third-order valence-corrected chi connectivity index (χ3v) is 2.93. The van der Waals surface area contributed by atoms with Crippen LogP contribution in [0.15, 0.2) is 12.1 Å². The van der Waals surface area contributed by atoms with E-state index in [1.54, 1.807) is 13.8 Å². The smallest absolute Gasteiger partial charge is 0.408 e. The number of aryl methyl sites for hydroxylation is 2. The fraction of sp³-hybridized carbons (Fsp3) is 0.417. The van der Waals surface area contributed by atoms with Gasteiger partial charge in [0.05, 0.1) is 0 Å². The number of alkyl carbamates (subject to hydrolysis) is 1. The Morgan fingerprint density at radius 2 is 1.94 bits per heavy atom. The van der Waals surface area contributed by atoms with Crippen LogP contribution in [0.3, 0.4) is 0 Å². The predicted molar refractivity (Wildman–Crippen MR) is 59.8 cm³/mol. The van der Waals surface area contributed by atoms with Crippen LogP contribution in [0.2, 0.25) is 0 Å². The van der Waals surface area contributed by atoms with Gasteiger partial charge in [-0.2, -0.15) is 0 Å². The number of hydrogen-bond acceptors (Lipinski definition) is 3. The molecule has 1 aliphatic heterocycles. The number of hydrogen-bond donors (Lipinski definition) is 2. The van der Waals surface area contributed by atoms with E-state index in [0.29, 0.717) is 11.1 Å². The minimum Gasteiger partial charge on any atom is -0.507 e. The number of carbonyl (C=O) groups excluding carboxylic acids is 1. The summed E-state index contributed by atoms with van der Waals surface area (Å²) in [5, 5.41) is 11.7. The van der Waals surface area contributed by atoms with E-state index in [4.69, 9.17) is 0 Å². The summed E-state index contributed by atoms with van der Waals surface area (Å²) in [6, 6.07) is 1.44. The van der Waals surface area contributed by atoms with Gasteiger partial charge in [0, 0.05) is 0 Å². The average molecular weight is 257 g/mol. The highest BCUT2D eigenvalue weighted by Gasteiger charge is 2.46. The van der Waals surface area contributed by atoms with Gasteiger partial charge in [0.15, 0.2) is 6.61 Å². The van der Waals surface area contributed by atoms with Crippen molar-refractivity contribution in [3.05, 3.63) is 28.8 Å². The Balaban J connectivity index is 2.43. The Bertz CT molecular complexity index is 479. The molecule has 1 heterocycles. The van der Waals surface area contributed by atoms with Gasteiger partial charge in [0.2, 0.25) is 0 Å². The SMILES string of the molecule is Cc1cc([C@@H]2NC(=O)OCC2(F)F)cc(C)c1O. The molecule has 2 rings (SSSR count). The first-order chi connectivity index (χ1) is 8.31. The zero-order chi connectivity index (χ0) is 13.5. The molecule has 1 saturated heterocycles. The number of benzene rings is 1. The molecule has 18 heavy (non-hydrogen) atoms. The number of halogens is 2.